The van der Waals surface area contributed by atoms with Crippen molar-refractivity contribution >= 4 is 27.5 Å². The van der Waals surface area contributed by atoms with Crippen LogP contribution in [0, 0.1) is 0 Å². The summed E-state index contributed by atoms with van der Waals surface area (Å²) in [6, 6.07) is 25.4. The van der Waals surface area contributed by atoms with Crippen LogP contribution in [0.25, 0.3) is 10.2 Å². The van der Waals surface area contributed by atoms with Gasteiger partial charge >= 0.3 is 5.97 Å². The minimum absolute atomic E-state index is 0.195. The summed E-state index contributed by atoms with van der Waals surface area (Å²) in [7, 11) is 0. The quantitative estimate of drug-likeness (QED) is 0.407. The fraction of sp³-hybridized carbons (Fsp3) is 0.231. The van der Waals surface area contributed by atoms with Gasteiger partial charge in [0.1, 0.15) is 23.4 Å². The van der Waals surface area contributed by atoms with Gasteiger partial charge in [0.2, 0.25) is 0 Å². The molecule has 4 aromatic rings. The normalized spacial score (nSPS) is 17.4. The van der Waals surface area contributed by atoms with Crippen LogP contribution in [0.3, 0.4) is 0 Å². The second kappa shape index (κ2) is 9.10. The molecule has 6 heteroatoms. The molecule has 2 heterocycles. The van der Waals surface area contributed by atoms with E-state index in [4.69, 9.17) is 9.72 Å². The fourth-order valence-corrected chi connectivity index (χ4v) is 5.45. The van der Waals surface area contributed by atoms with E-state index in [2.05, 4.69) is 11.0 Å². The zero-order valence-electron chi connectivity index (χ0n) is 17.6. The van der Waals surface area contributed by atoms with Crippen molar-refractivity contribution in [1.29, 1.82) is 0 Å². The Morgan fingerprint density at radius 1 is 1.06 bits per heavy atom. The summed E-state index contributed by atoms with van der Waals surface area (Å²) in [4.78, 5) is 18.9. The first-order valence-corrected chi connectivity index (χ1v) is 11.6. The average Bonchev–Trinajstić information content (AvgIpc) is 3.47. The number of para-hydroxylation sites is 1. The summed E-state index contributed by atoms with van der Waals surface area (Å²) in [5, 5.41) is 10.7. The summed E-state index contributed by atoms with van der Waals surface area (Å²) in [5.74, 6) is 0.0216. The van der Waals surface area contributed by atoms with Crippen LogP contribution in [0.4, 0.5) is 0 Å². The number of thiazole rings is 1. The first-order valence-electron chi connectivity index (χ1n) is 10.8. The predicted octanol–water partition coefficient (Wildman–Crippen LogP) is 5.51. The second-order valence-corrected chi connectivity index (χ2v) is 9.06. The van der Waals surface area contributed by atoms with E-state index in [9.17, 15) is 9.90 Å². The molecule has 0 saturated carbocycles. The number of carboxylic acid groups (broad SMARTS) is 1. The van der Waals surface area contributed by atoms with E-state index in [1.807, 2.05) is 72.8 Å². The molecule has 0 radical (unpaired) electrons. The summed E-state index contributed by atoms with van der Waals surface area (Å²) in [6.45, 7) is 1.25. The molecule has 0 amide bonds. The van der Waals surface area contributed by atoms with Gasteiger partial charge in [0.15, 0.2) is 0 Å². The van der Waals surface area contributed by atoms with Gasteiger partial charge in [-0.15, -0.1) is 11.3 Å². The largest absolute Gasteiger partial charge is 0.489 e. The van der Waals surface area contributed by atoms with Crippen molar-refractivity contribution in [3.05, 3.63) is 95.0 Å². The lowest BCUT2D eigenvalue weighted by Crippen LogP contribution is -2.39. The topological polar surface area (TPSA) is 62.7 Å². The lowest BCUT2D eigenvalue weighted by molar-refractivity contribution is -0.142. The van der Waals surface area contributed by atoms with Crippen molar-refractivity contribution in [3.8, 4) is 5.75 Å². The van der Waals surface area contributed by atoms with Crippen LogP contribution >= 0.6 is 11.3 Å². The van der Waals surface area contributed by atoms with Crippen molar-refractivity contribution in [2.75, 3.05) is 6.54 Å². The first kappa shape index (κ1) is 20.7. The molecule has 0 bridgehead atoms. The molecule has 162 valence electrons. The Labute approximate surface area is 190 Å². The van der Waals surface area contributed by atoms with Crippen LogP contribution in [0.1, 0.15) is 35.0 Å². The minimum Gasteiger partial charge on any atom is -0.489 e. The first-order chi connectivity index (χ1) is 15.7. The van der Waals surface area contributed by atoms with Gasteiger partial charge in [-0.1, -0.05) is 54.6 Å². The highest BCUT2D eigenvalue weighted by Crippen LogP contribution is 2.38. The molecule has 0 spiro atoms. The maximum atomic E-state index is 11.9. The Hall–Kier alpha value is -3.22. The zero-order valence-corrected chi connectivity index (χ0v) is 18.4. The third-order valence-corrected chi connectivity index (χ3v) is 6.99. The van der Waals surface area contributed by atoms with Gasteiger partial charge < -0.3 is 9.84 Å². The Morgan fingerprint density at radius 3 is 2.56 bits per heavy atom. The molecule has 0 aliphatic carbocycles. The van der Waals surface area contributed by atoms with Crippen LogP contribution in [0.2, 0.25) is 0 Å². The fourth-order valence-electron chi connectivity index (χ4n) is 4.33. The number of aromatic nitrogens is 1. The van der Waals surface area contributed by atoms with Gasteiger partial charge in [-0.25, -0.2) is 4.98 Å². The molecule has 1 N–H and O–H groups in total. The monoisotopic (exact) mass is 444 g/mol. The molecular weight excluding hydrogens is 420 g/mol. The molecule has 1 aliphatic rings. The van der Waals surface area contributed by atoms with Crippen LogP contribution in [-0.2, 0) is 11.4 Å². The molecule has 1 aliphatic heterocycles. The highest BCUT2D eigenvalue weighted by atomic mass is 32.1. The van der Waals surface area contributed by atoms with E-state index >= 15 is 0 Å². The Bertz CT molecular complexity index is 1170. The van der Waals surface area contributed by atoms with Crippen molar-refractivity contribution in [1.82, 2.24) is 9.88 Å². The van der Waals surface area contributed by atoms with Gasteiger partial charge in [-0.2, -0.15) is 0 Å². The number of carboxylic acids is 1. The molecule has 2 atom stereocenters. The van der Waals surface area contributed by atoms with E-state index in [1.165, 1.54) is 0 Å². The number of rotatable bonds is 7. The SMILES string of the molecule is O=C(O)C1CCCN1C(c1ccc(OCc2ccccc2)cc1)c1nc2ccccc2s1. The molecule has 5 nitrogen and oxygen atoms in total. The van der Waals surface area contributed by atoms with Crippen LogP contribution < -0.4 is 4.74 Å². The van der Waals surface area contributed by atoms with E-state index in [0.717, 1.165) is 45.1 Å². The number of fused-ring (bicyclic) bond motifs is 1. The molecule has 1 saturated heterocycles. The van der Waals surface area contributed by atoms with Crippen LogP contribution in [-0.4, -0.2) is 33.5 Å². The Kier molecular flexibility index (Phi) is 5.88. The van der Waals surface area contributed by atoms with Gasteiger partial charge in [0, 0.05) is 6.54 Å². The van der Waals surface area contributed by atoms with Gasteiger partial charge in [0.25, 0.3) is 0 Å². The molecule has 5 rings (SSSR count). The molecule has 1 aromatic heterocycles. The number of ether oxygens (including phenoxy) is 1. The molecule has 1 fully saturated rings. The summed E-state index contributed by atoms with van der Waals surface area (Å²) in [6.07, 6.45) is 1.53. The Balaban J connectivity index is 1.45. The molecule has 3 aromatic carbocycles. The van der Waals surface area contributed by atoms with Crippen molar-refractivity contribution in [3.63, 3.8) is 0 Å². The predicted molar refractivity (Wildman–Crippen MR) is 126 cm³/mol. The van der Waals surface area contributed by atoms with E-state index in [0.29, 0.717) is 13.0 Å². The molecule has 32 heavy (non-hydrogen) atoms. The number of aliphatic carboxylic acids is 1. The maximum Gasteiger partial charge on any atom is 0.320 e. The smallest absolute Gasteiger partial charge is 0.320 e. The minimum atomic E-state index is -0.767. The Morgan fingerprint density at radius 2 is 1.81 bits per heavy atom. The number of nitrogens with zero attached hydrogens (tertiary/aromatic N) is 2. The summed E-state index contributed by atoms with van der Waals surface area (Å²) < 4.78 is 7.06. The number of benzene rings is 3. The highest BCUT2D eigenvalue weighted by molar-refractivity contribution is 7.18. The van der Waals surface area contributed by atoms with Gasteiger partial charge in [0.05, 0.1) is 16.3 Å². The molecular formula is C26H24N2O3S. The second-order valence-electron chi connectivity index (χ2n) is 8.00. The number of carbonyl (C=O) groups is 1. The average molecular weight is 445 g/mol. The van der Waals surface area contributed by atoms with Crippen LogP contribution in [0.15, 0.2) is 78.9 Å². The molecule has 2 unspecified atom stereocenters. The third kappa shape index (κ3) is 4.24. The zero-order chi connectivity index (χ0) is 21.9. The van der Waals surface area contributed by atoms with Gasteiger partial charge in [-0.3, -0.25) is 9.69 Å². The summed E-state index contributed by atoms with van der Waals surface area (Å²) >= 11 is 1.64. The standard InChI is InChI=1S/C26H24N2O3S/c29-26(30)22-10-6-16-28(22)24(25-27-21-9-4-5-11-23(21)32-25)19-12-14-20(15-13-19)31-17-18-7-2-1-3-8-18/h1-5,7-9,11-15,22,24H,6,10,16-17H2,(H,29,30). The van der Waals surface area contributed by atoms with Crippen molar-refractivity contribution in [2.45, 2.75) is 31.5 Å². The highest BCUT2D eigenvalue weighted by Gasteiger charge is 2.38. The van der Waals surface area contributed by atoms with Crippen molar-refractivity contribution < 1.29 is 14.6 Å². The van der Waals surface area contributed by atoms with Crippen molar-refractivity contribution in [2.24, 2.45) is 0 Å². The summed E-state index contributed by atoms with van der Waals surface area (Å²) in [5.41, 5.74) is 3.10. The van der Waals surface area contributed by atoms with Gasteiger partial charge in [-0.05, 0) is 48.2 Å². The lowest BCUT2D eigenvalue weighted by atomic mass is 10.0. The maximum absolute atomic E-state index is 11.9. The number of hydrogen-bond donors (Lipinski definition) is 1. The lowest BCUT2D eigenvalue weighted by Gasteiger charge is -2.30. The van der Waals surface area contributed by atoms with Crippen LogP contribution in [0.5, 0.6) is 5.75 Å². The van der Waals surface area contributed by atoms with E-state index < -0.39 is 12.0 Å². The number of hydrogen-bond acceptors (Lipinski definition) is 5. The van der Waals surface area contributed by atoms with E-state index in [-0.39, 0.29) is 6.04 Å². The number of likely N-dealkylation sites (tertiary alicyclic amines) is 1. The van der Waals surface area contributed by atoms with E-state index in [1.54, 1.807) is 11.3 Å². The third-order valence-electron chi connectivity index (χ3n) is 5.90.